The smallest absolute Gasteiger partial charge is 0.345 e. The van der Waals surface area contributed by atoms with Gasteiger partial charge in [-0.1, -0.05) is 31.4 Å². The summed E-state index contributed by atoms with van der Waals surface area (Å²) in [5, 5.41) is 11.0. The molecule has 0 bridgehead atoms. The van der Waals surface area contributed by atoms with Crippen molar-refractivity contribution in [1.82, 2.24) is 14.5 Å². The number of carboxylic acids is 1. The van der Waals surface area contributed by atoms with E-state index >= 15 is 0 Å². The van der Waals surface area contributed by atoms with Crippen molar-refractivity contribution in [3.8, 4) is 28.3 Å². The van der Waals surface area contributed by atoms with Gasteiger partial charge in [0.15, 0.2) is 0 Å². The van der Waals surface area contributed by atoms with E-state index in [1.54, 1.807) is 24.9 Å². The van der Waals surface area contributed by atoms with Crippen molar-refractivity contribution in [2.24, 2.45) is 0 Å². The zero-order valence-electron chi connectivity index (χ0n) is 25.7. The predicted molar refractivity (Wildman–Crippen MR) is 183 cm³/mol. The van der Waals surface area contributed by atoms with E-state index in [0.717, 1.165) is 106 Å². The van der Waals surface area contributed by atoms with E-state index < -0.39 is 5.97 Å². The zero-order chi connectivity index (χ0) is 31.1. The summed E-state index contributed by atoms with van der Waals surface area (Å²) in [5.74, 6) is 0.311. The lowest BCUT2D eigenvalue weighted by molar-refractivity contribution is -0.130. The molecule has 1 saturated carbocycles. The fourth-order valence-electron chi connectivity index (χ4n) is 7.09. The van der Waals surface area contributed by atoms with E-state index in [2.05, 4.69) is 47.2 Å². The number of aromatic carboxylic acids is 1. The molecule has 4 heterocycles. The topological polar surface area (TPSA) is 84.7 Å². The predicted octanol–water partition coefficient (Wildman–Crippen LogP) is 8.68. The van der Waals surface area contributed by atoms with Crippen LogP contribution in [0.25, 0.3) is 43.6 Å². The number of likely N-dealkylation sites (tertiary alicyclic amines) is 1. The standard InChI is InChI=1S/C36H37N3O4S2/c1-43-26-17-25(18-27(19-26)44-2)29-12-10-23-16-24(11-13-28(23)37-29)34-33(22-8-4-3-5-9-22)35-30(20-31(45-35)36(41)42)39(34)21-32(40)38-14-6-7-15-38/h10-13,16-20,22H,3-9,14-15,21H2,1-2H3,(H,41,42). The van der Waals surface area contributed by atoms with Gasteiger partial charge in [0.25, 0.3) is 0 Å². The van der Waals surface area contributed by atoms with E-state index in [4.69, 9.17) is 9.72 Å². The summed E-state index contributed by atoms with van der Waals surface area (Å²) in [6.45, 7) is 1.78. The highest BCUT2D eigenvalue weighted by Crippen LogP contribution is 2.47. The summed E-state index contributed by atoms with van der Waals surface area (Å²) in [4.78, 5) is 34.2. The number of rotatable bonds is 8. The number of amides is 1. The SMILES string of the molecule is COc1cc(SC)cc(-c2ccc3cc(-c4c(C5CCCCC5)c5sc(C(=O)O)cc5n4CC(=O)N4CCCC4)ccc3n2)c1. The Balaban J connectivity index is 1.37. The highest BCUT2D eigenvalue weighted by molar-refractivity contribution is 7.98. The van der Waals surface area contributed by atoms with Gasteiger partial charge in [-0.05, 0) is 91.4 Å². The van der Waals surface area contributed by atoms with Crippen molar-refractivity contribution in [3.05, 3.63) is 65.0 Å². The van der Waals surface area contributed by atoms with Crippen LogP contribution in [0.3, 0.4) is 0 Å². The number of pyridine rings is 1. The Morgan fingerprint density at radius 1 is 0.978 bits per heavy atom. The second kappa shape index (κ2) is 12.5. The van der Waals surface area contributed by atoms with Crippen LogP contribution in [-0.4, -0.2) is 57.9 Å². The maximum Gasteiger partial charge on any atom is 0.345 e. The van der Waals surface area contributed by atoms with Crippen LogP contribution in [0.15, 0.2) is 59.5 Å². The first-order valence-electron chi connectivity index (χ1n) is 15.7. The van der Waals surface area contributed by atoms with Gasteiger partial charge in [0.2, 0.25) is 5.91 Å². The van der Waals surface area contributed by atoms with Gasteiger partial charge in [-0.3, -0.25) is 4.79 Å². The Bertz CT molecular complexity index is 1890. The largest absolute Gasteiger partial charge is 0.497 e. The Morgan fingerprint density at radius 2 is 1.78 bits per heavy atom. The summed E-state index contributed by atoms with van der Waals surface area (Å²) in [7, 11) is 1.68. The minimum absolute atomic E-state index is 0.0962. The minimum Gasteiger partial charge on any atom is -0.497 e. The van der Waals surface area contributed by atoms with Gasteiger partial charge in [0.1, 0.15) is 17.2 Å². The number of nitrogens with zero attached hydrogens (tertiary/aromatic N) is 3. The van der Waals surface area contributed by atoms with Crippen LogP contribution in [0.4, 0.5) is 0 Å². The lowest BCUT2D eigenvalue weighted by atomic mass is 9.83. The summed E-state index contributed by atoms with van der Waals surface area (Å²) in [6, 6.07) is 18.5. The van der Waals surface area contributed by atoms with E-state index in [9.17, 15) is 14.7 Å². The van der Waals surface area contributed by atoms with E-state index in [1.807, 2.05) is 17.0 Å². The highest BCUT2D eigenvalue weighted by atomic mass is 32.2. The number of aromatic nitrogens is 2. The number of benzene rings is 2. The monoisotopic (exact) mass is 639 g/mol. The fraction of sp³-hybridized carbons (Fsp3) is 0.361. The Hall–Kier alpha value is -3.82. The number of methoxy groups -OCH3 is 1. The van der Waals surface area contributed by atoms with Crippen molar-refractivity contribution in [3.63, 3.8) is 0 Å². The number of hydrogen-bond acceptors (Lipinski definition) is 6. The van der Waals surface area contributed by atoms with E-state index in [1.165, 1.54) is 23.3 Å². The van der Waals surface area contributed by atoms with Crippen molar-refractivity contribution >= 4 is 56.1 Å². The number of thioether (sulfide) groups is 1. The molecule has 2 aliphatic rings. The third kappa shape index (κ3) is 5.72. The molecule has 9 heteroatoms. The molecule has 3 aromatic heterocycles. The average Bonchev–Trinajstić information content (AvgIpc) is 3.82. The molecule has 2 fully saturated rings. The van der Waals surface area contributed by atoms with Crippen molar-refractivity contribution < 1.29 is 19.4 Å². The molecule has 0 unspecified atom stereocenters. The van der Waals surface area contributed by atoms with Crippen molar-refractivity contribution in [2.75, 3.05) is 26.5 Å². The first-order chi connectivity index (χ1) is 21.9. The van der Waals surface area contributed by atoms with E-state index in [-0.39, 0.29) is 12.5 Å². The molecule has 1 aliphatic carbocycles. The zero-order valence-corrected chi connectivity index (χ0v) is 27.3. The highest BCUT2D eigenvalue weighted by Gasteiger charge is 2.30. The summed E-state index contributed by atoms with van der Waals surface area (Å²) in [6.07, 6.45) is 9.81. The Kier molecular flexibility index (Phi) is 8.31. The van der Waals surface area contributed by atoms with Crippen molar-refractivity contribution in [2.45, 2.75) is 62.3 Å². The second-order valence-corrected chi connectivity index (χ2v) is 14.0. The first kappa shape index (κ1) is 29.9. The molecule has 1 saturated heterocycles. The minimum atomic E-state index is -0.918. The molecule has 1 amide bonds. The molecule has 7 nitrogen and oxygen atoms in total. The molecule has 2 aromatic carbocycles. The second-order valence-electron chi connectivity index (χ2n) is 12.1. The number of hydrogen-bond donors (Lipinski definition) is 1. The number of carbonyl (C=O) groups is 2. The van der Waals surface area contributed by atoms with Crippen LogP contribution in [0.2, 0.25) is 0 Å². The van der Waals surface area contributed by atoms with Gasteiger partial charge in [-0.15, -0.1) is 23.1 Å². The molecule has 7 rings (SSSR count). The molecule has 232 valence electrons. The van der Waals surface area contributed by atoms with Crippen LogP contribution < -0.4 is 4.74 Å². The Labute approximate surface area is 271 Å². The molecule has 1 aliphatic heterocycles. The Morgan fingerprint density at radius 3 is 2.51 bits per heavy atom. The number of fused-ring (bicyclic) bond motifs is 2. The van der Waals surface area contributed by atoms with Gasteiger partial charge in [-0.25, -0.2) is 9.78 Å². The molecule has 5 aromatic rings. The fourth-order valence-corrected chi connectivity index (χ4v) is 8.69. The van der Waals surface area contributed by atoms with Crippen LogP contribution in [0, 0.1) is 0 Å². The molecule has 45 heavy (non-hydrogen) atoms. The van der Waals surface area contributed by atoms with Crippen molar-refractivity contribution in [1.29, 1.82) is 0 Å². The first-order valence-corrected chi connectivity index (χ1v) is 17.8. The summed E-state index contributed by atoms with van der Waals surface area (Å²) >= 11 is 3.03. The molecule has 0 radical (unpaired) electrons. The van der Waals surface area contributed by atoms with Gasteiger partial charge in [0, 0.05) is 28.9 Å². The van der Waals surface area contributed by atoms with Gasteiger partial charge in [-0.2, -0.15) is 0 Å². The van der Waals surface area contributed by atoms with Crippen LogP contribution in [-0.2, 0) is 11.3 Å². The third-order valence-corrected chi connectivity index (χ3v) is 11.2. The maximum absolute atomic E-state index is 13.6. The number of thiophene rings is 1. The molecular weight excluding hydrogens is 603 g/mol. The van der Waals surface area contributed by atoms with Gasteiger partial charge >= 0.3 is 5.97 Å². The van der Waals surface area contributed by atoms with Gasteiger partial charge in [0.05, 0.1) is 34.2 Å². The van der Waals surface area contributed by atoms with Crippen LogP contribution in [0.1, 0.15) is 66.1 Å². The van der Waals surface area contributed by atoms with E-state index in [0.29, 0.717) is 10.8 Å². The molecule has 0 atom stereocenters. The lowest BCUT2D eigenvalue weighted by Gasteiger charge is -2.24. The maximum atomic E-state index is 13.6. The normalized spacial score (nSPS) is 15.7. The van der Waals surface area contributed by atoms with Crippen LogP contribution >= 0.6 is 23.1 Å². The van der Waals surface area contributed by atoms with Crippen LogP contribution in [0.5, 0.6) is 5.75 Å². The third-order valence-electron chi connectivity index (χ3n) is 9.36. The van der Waals surface area contributed by atoms with Gasteiger partial charge < -0.3 is 19.3 Å². The number of carbonyl (C=O) groups excluding carboxylic acids is 1. The number of carboxylic acid groups (broad SMARTS) is 1. The summed E-state index contributed by atoms with van der Waals surface area (Å²) < 4.78 is 8.67. The summed E-state index contributed by atoms with van der Waals surface area (Å²) in [5.41, 5.74) is 6.94. The lowest BCUT2D eigenvalue weighted by Crippen LogP contribution is -2.31. The molecule has 0 spiro atoms. The molecule has 1 N–H and O–H groups in total. The number of ether oxygens (including phenoxy) is 1. The quantitative estimate of drug-likeness (QED) is 0.171. The molecular formula is C36H37N3O4S2. The average molecular weight is 640 g/mol.